The first kappa shape index (κ1) is 9.74. The van der Waals surface area contributed by atoms with Crippen molar-refractivity contribution in [3.63, 3.8) is 0 Å². The lowest BCUT2D eigenvalue weighted by molar-refractivity contribution is 0.173. The quantitative estimate of drug-likeness (QED) is 0.737. The lowest BCUT2D eigenvalue weighted by Gasteiger charge is -2.04. The number of hydrogen-bond acceptors (Lipinski definition) is 2. The van der Waals surface area contributed by atoms with Crippen LogP contribution in [0.3, 0.4) is 0 Å². The Kier molecular flexibility index (Phi) is 2.89. The van der Waals surface area contributed by atoms with E-state index < -0.39 is 0 Å². The monoisotopic (exact) mass is 194 g/mol. The molecule has 0 amide bonds. The summed E-state index contributed by atoms with van der Waals surface area (Å²) in [7, 11) is 0. The average Bonchev–Trinajstić information content (AvgIpc) is 2.84. The van der Waals surface area contributed by atoms with Gasteiger partial charge in [0.1, 0.15) is 0 Å². The van der Waals surface area contributed by atoms with Crippen LogP contribution in [-0.2, 0) is 13.1 Å². The molecule has 3 heteroatoms. The molecular weight excluding hydrogens is 176 g/mol. The van der Waals surface area contributed by atoms with Crippen LogP contribution in [0.1, 0.15) is 25.3 Å². The third-order valence-corrected chi connectivity index (χ3v) is 2.46. The lowest BCUT2D eigenvalue weighted by atomic mass is 10.3. The van der Waals surface area contributed by atoms with Gasteiger partial charge in [-0.25, -0.2) is 0 Å². The fraction of sp³-hybridized carbons (Fsp3) is 0.636. The molecular formula is C11H18N2O. The minimum absolute atomic E-state index is 0.272. The van der Waals surface area contributed by atoms with Crippen LogP contribution in [0.25, 0.3) is 0 Å². The van der Waals surface area contributed by atoms with E-state index >= 15 is 0 Å². The molecule has 1 atom stereocenters. The number of nitrogens with one attached hydrogen (secondary N) is 1. The Bertz CT molecular complexity index is 289. The van der Waals surface area contributed by atoms with Crippen molar-refractivity contribution in [2.45, 2.75) is 45.0 Å². The maximum absolute atomic E-state index is 9.21. The molecule has 0 radical (unpaired) electrons. The first-order chi connectivity index (χ1) is 6.74. The lowest BCUT2D eigenvalue weighted by Crippen LogP contribution is -2.15. The third-order valence-electron chi connectivity index (χ3n) is 2.46. The van der Waals surface area contributed by atoms with Crippen LogP contribution in [-0.4, -0.2) is 21.8 Å². The highest BCUT2D eigenvalue weighted by Crippen LogP contribution is 2.19. The number of rotatable bonds is 5. The first-order valence-corrected chi connectivity index (χ1v) is 5.30. The molecule has 0 aromatic carbocycles. The molecule has 78 valence electrons. The molecule has 3 nitrogen and oxygen atoms in total. The van der Waals surface area contributed by atoms with Crippen LogP contribution in [0.4, 0.5) is 0 Å². The Morgan fingerprint density at radius 1 is 1.64 bits per heavy atom. The Hall–Kier alpha value is -0.800. The van der Waals surface area contributed by atoms with Crippen molar-refractivity contribution in [1.82, 2.24) is 9.88 Å². The predicted octanol–water partition coefficient (Wildman–Crippen LogP) is 1.12. The molecule has 0 spiro atoms. The number of nitrogens with zero attached hydrogens (tertiary/aromatic N) is 1. The molecule has 0 aliphatic heterocycles. The number of aliphatic hydroxyl groups is 1. The van der Waals surface area contributed by atoms with Gasteiger partial charge in [0.15, 0.2) is 0 Å². The Morgan fingerprint density at radius 3 is 3.07 bits per heavy atom. The van der Waals surface area contributed by atoms with Gasteiger partial charge >= 0.3 is 0 Å². The number of hydrogen-bond donors (Lipinski definition) is 2. The highest BCUT2D eigenvalue weighted by Gasteiger charge is 2.19. The molecule has 1 aliphatic carbocycles. The van der Waals surface area contributed by atoms with Gasteiger partial charge in [-0.3, -0.25) is 0 Å². The third kappa shape index (κ3) is 2.86. The van der Waals surface area contributed by atoms with Crippen LogP contribution >= 0.6 is 0 Å². The summed E-state index contributed by atoms with van der Waals surface area (Å²) in [5.41, 5.74) is 1.30. The minimum atomic E-state index is -0.272. The topological polar surface area (TPSA) is 37.2 Å². The van der Waals surface area contributed by atoms with E-state index in [9.17, 15) is 5.11 Å². The van der Waals surface area contributed by atoms with Crippen molar-refractivity contribution >= 4 is 0 Å². The van der Waals surface area contributed by atoms with Crippen LogP contribution in [0.2, 0.25) is 0 Å². The van der Waals surface area contributed by atoms with E-state index in [0.717, 1.165) is 12.6 Å². The summed E-state index contributed by atoms with van der Waals surface area (Å²) in [5.74, 6) is 0. The summed E-state index contributed by atoms with van der Waals surface area (Å²) in [4.78, 5) is 0. The minimum Gasteiger partial charge on any atom is -0.392 e. The summed E-state index contributed by atoms with van der Waals surface area (Å²) in [6.45, 7) is 3.45. The van der Waals surface area contributed by atoms with Crippen LogP contribution < -0.4 is 5.32 Å². The van der Waals surface area contributed by atoms with Crippen LogP contribution in [0.5, 0.6) is 0 Å². The standard InChI is InChI=1S/C11H18N2O/c1-9(14)7-13-5-4-10(8-13)6-12-11-2-3-11/h4-5,8-9,11-12,14H,2-3,6-7H2,1H3. The van der Waals surface area contributed by atoms with E-state index in [1.807, 2.05) is 17.7 Å². The zero-order chi connectivity index (χ0) is 9.97. The number of aliphatic hydroxyl groups excluding tert-OH is 1. The molecule has 1 fully saturated rings. The van der Waals surface area contributed by atoms with Crippen molar-refractivity contribution in [3.8, 4) is 0 Å². The average molecular weight is 194 g/mol. The van der Waals surface area contributed by atoms with E-state index in [2.05, 4.69) is 17.6 Å². The summed E-state index contributed by atoms with van der Waals surface area (Å²) >= 11 is 0. The Morgan fingerprint density at radius 2 is 2.43 bits per heavy atom. The van der Waals surface area contributed by atoms with Crippen molar-refractivity contribution < 1.29 is 5.11 Å². The molecule has 1 aliphatic rings. The second-order valence-electron chi connectivity index (χ2n) is 4.22. The molecule has 0 saturated heterocycles. The highest BCUT2D eigenvalue weighted by molar-refractivity contribution is 5.10. The van der Waals surface area contributed by atoms with Crippen molar-refractivity contribution in [1.29, 1.82) is 0 Å². The second kappa shape index (κ2) is 4.15. The van der Waals surface area contributed by atoms with Crippen LogP contribution in [0, 0.1) is 0 Å². The molecule has 0 bridgehead atoms. The summed E-state index contributed by atoms with van der Waals surface area (Å²) < 4.78 is 2.04. The molecule has 1 aromatic heterocycles. The summed E-state index contributed by atoms with van der Waals surface area (Å²) in [6, 6.07) is 2.87. The molecule has 2 N–H and O–H groups in total. The van der Waals surface area contributed by atoms with E-state index in [-0.39, 0.29) is 6.10 Å². The maximum atomic E-state index is 9.21. The SMILES string of the molecule is CC(O)Cn1ccc(CNC2CC2)c1. The van der Waals surface area contributed by atoms with Crippen molar-refractivity contribution in [3.05, 3.63) is 24.0 Å². The zero-order valence-corrected chi connectivity index (χ0v) is 8.61. The fourth-order valence-corrected chi connectivity index (χ4v) is 1.56. The molecule has 1 unspecified atom stereocenters. The van der Waals surface area contributed by atoms with Gasteiger partial charge in [0.2, 0.25) is 0 Å². The van der Waals surface area contributed by atoms with E-state index in [0.29, 0.717) is 6.54 Å². The fourth-order valence-electron chi connectivity index (χ4n) is 1.56. The molecule has 1 heterocycles. The Labute approximate surface area is 84.7 Å². The maximum Gasteiger partial charge on any atom is 0.0690 e. The van der Waals surface area contributed by atoms with Gasteiger partial charge in [-0.2, -0.15) is 0 Å². The molecule has 1 saturated carbocycles. The smallest absolute Gasteiger partial charge is 0.0690 e. The van der Waals surface area contributed by atoms with Gasteiger partial charge < -0.3 is 15.0 Å². The van der Waals surface area contributed by atoms with E-state index in [1.54, 1.807) is 0 Å². The molecule has 2 rings (SSSR count). The summed E-state index contributed by atoms with van der Waals surface area (Å²) in [6.07, 6.45) is 6.51. The first-order valence-electron chi connectivity index (χ1n) is 5.30. The van der Waals surface area contributed by atoms with Crippen molar-refractivity contribution in [2.24, 2.45) is 0 Å². The molecule has 14 heavy (non-hydrogen) atoms. The van der Waals surface area contributed by atoms with Gasteiger partial charge in [-0.05, 0) is 31.4 Å². The van der Waals surface area contributed by atoms with Crippen LogP contribution in [0.15, 0.2) is 18.5 Å². The van der Waals surface area contributed by atoms with Gasteiger partial charge in [-0.1, -0.05) is 0 Å². The van der Waals surface area contributed by atoms with Gasteiger partial charge in [0.05, 0.1) is 6.10 Å². The number of aromatic nitrogens is 1. The Balaban J connectivity index is 1.81. The zero-order valence-electron chi connectivity index (χ0n) is 8.61. The van der Waals surface area contributed by atoms with E-state index in [4.69, 9.17) is 0 Å². The van der Waals surface area contributed by atoms with Gasteiger partial charge in [-0.15, -0.1) is 0 Å². The molecule has 1 aromatic rings. The van der Waals surface area contributed by atoms with E-state index in [1.165, 1.54) is 18.4 Å². The van der Waals surface area contributed by atoms with Gasteiger partial charge in [0, 0.05) is 31.5 Å². The van der Waals surface area contributed by atoms with Gasteiger partial charge in [0.25, 0.3) is 0 Å². The highest BCUT2D eigenvalue weighted by atomic mass is 16.3. The predicted molar refractivity (Wildman–Crippen MR) is 56.0 cm³/mol. The summed E-state index contributed by atoms with van der Waals surface area (Å²) in [5, 5.41) is 12.7. The second-order valence-corrected chi connectivity index (χ2v) is 4.22. The normalized spacial score (nSPS) is 18.4. The largest absolute Gasteiger partial charge is 0.392 e. The van der Waals surface area contributed by atoms with Crippen molar-refractivity contribution in [2.75, 3.05) is 0 Å².